The summed E-state index contributed by atoms with van der Waals surface area (Å²) in [6.45, 7) is 4.00. The van der Waals surface area contributed by atoms with E-state index in [1.165, 1.54) is 6.07 Å². The highest BCUT2D eigenvalue weighted by Crippen LogP contribution is 2.17. The molecule has 0 aliphatic rings. The molecule has 0 saturated carbocycles. The molecule has 2 N–H and O–H groups in total. The van der Waals surface area contributed by atoms with Crippen molar-refractivity contribution in [2.75, 3.05) is 24.5 Å². The topological polar surface area (TPSA) is 29.3 Å². The molecular weight excluding hydrogens is 167 g/mol. The summed E-state index contributed by atoms with van der Waals surface area (Å²) < 4.78 is 13.3. The van der Waals surface area contributed by atoms with Gasteiger partial charge in [0, 0.05) is 19.6 Å². The molecule has 0 heterocycles. The van der Waals surface area contributed by atoms with Gasteiger partial charge in [-0.3, -0.25) is 0 Å². The van der Waals surface area contributed by atoms with Gasteiger partial charge in [-0.05, 0) is 19.1 Å². The third kappa shape index (κ3) is 2.42. The third-order valence-electron chi connectivity index (χ3n) is 1.97. The van der Waals surface area contributed by atoms with Crippen LogP contribution in [-0.2, 0) is 0 Å². The normalized spacial score (nSPS) is 10.1. The van der Waals surface area contributed by atoms with Gasteiger partial charge in [0.15, 0.2) is 0 Å². The van der Waals surface area contributed by atoms with Gasteiger partial charge >= 0.3 is 0 Å². The van der Waals surface area contributed by atoms with Crippen LogP contribution in [0.25, 0.3) is 0 Å². The molecule has 0 amide bonds. The first-order valence-electron chi connectivity index (χ1n) is 4.49. The SMILES string of the molecule is CCN(CCN)c1ccccc1F. The fourth-order valence-corrected chi connectivity index (χ4v) is 1.31. The molecule has 1 aromatic rings. The Morgan fingerprint density at radius 1 is 1.38 bits per heavy atom. The zero-order valence-electron chi connectivity index (χ0n) is 7.83. The first-order chi connectivity index (χ1) is 6.29. The molecule has 72 valence electrons. The summed E-state index contributed by atoms with van der Waals surface area (Å²) in [4.78, 5) is 1.93. The van der Waals surface area contributed by atoms with Crippen molar-refractivity contribution in [3.05, 3.63) is 30.1 Å². The van der Waals surface area contributed by atoms with E-state index in [2.05, 4.69) is 0 Å². The number of anilines is 1. The predicted octanol–water partition coefficient (Wildman–Crippen LogP) is 1.61. The van der Waals surface area contributed by atoms with Gasteiger partial charge in [0.05, 0.1) is 5.69 Å². The second kappa shape index (κ2) is 4.82. The number of para-hydroxylation sites is 1. The van der Waals surface area contributed by atoms with E-state index in [-0.39, 0.29) is 5.82 Å². The van der Waals surface area contributed by atoms with Crippen molar-refractivity contribution in [3.63, 3.8) is 0 Å². The molecule has 0 spiro atoms. The predicted molar refractivity (Wildman–Crippen MR) is 53.3 cm³/mol. The lowest BCUT2D eigenvalue weighted by Crippen LogP contribution is -2.29. The van der Waals surface area contributed by atoms with Crippen LogP contribution in [0.4, 0.5) is 10.1 Å². The maximum atomic E-state index is 13.3. The van der Waals surface area contributed by atoms with E-state index in [0.717, 1.165) is 6.54 Å². The monoisotopic (exact) mass is 182 g/mol. The van der Waals surface area contributed by atoms with Crippen LogP contribution in [0.2, 0.25) is 0 Å². The van der Waals surface area contributed by atoms with Crippen LogP contribution in [0.3, 0.4) is 0 Å². The summed E-state index contributed by atoms with van der Waals surface area (Å²) >= 11 is 0. The minimum Gasteiger partial charge on any atom is -0.368 e. The van der Waals surface area contributed by atoms with Crippen LogP contribution in [0.5, 0.6) is 0 Å². The third-order valence-corrected chi connectivity index (χ3v) is 1.97. The average molecular weight is 182 g/mol. The van der Waals surface area contributed by atoms with Crippen molar-refractivity contribution < 1.29 is 4.39 Å². The Bertz CT molecular complexity index is 263. The molecule has 0 atom stereocenters. The van der Waals surface area contributed by atoms with E-state index >= 15 is 0 Å². The maximum absolute atomic E-state index is 13.3. The van der Waals surface area contributed by atoms with Gasteiger partial charge in [-0.15, -0.1) is 0 Å². The second-order valence-corrected chi connectivity index (χ2v) is 2.82. The maximum Gasteiger partial charge on any atom is 0.146 e. The van der Waals surface area contributed by atoms with Crippen LogP contribution in [0.1, 0.15) is 6.92 Å². The molecule has 0 saturated heterocycles. The average Bonchev–Trinajstić information content (AvgIpc) is 2.16. The smallest absolute Gasteiger partial charge is 0.146 e. The fourth-order valence-electron chi connectivity index (χ4n) is 1.31. The Morgan fingerprint density at radius 2 is 2.08 bits per heavy atom. The quantitative estimate of drug-likeness (QED) is 0.766. The van der Waals surface area contributed by atoms with Crippen LogP contribution in [-0.4, -0.2) is 19.6 Å². The van der Waals surface area contributed by atoms with Crippen molar-refractivity contribution in [1.29, 1.82) is 0 Å². The fraction of sp³-hybridized carbons (Fsp3) is 0.400. The van der Waals surface area contributed by atoms with Crippen molar-refractivity contribution >= 4 is 5.69 Å². The number of rotatable bonds is 4. The van der Waals surface area contributed by atoms with Gasteiger partial charge in [0.1, 0.15) is 5.82 Å². The van der Waals surface area contributed by atoms with E-state index in [1.807, 2.05) is 17.9 Å². The molecule has 2 nitrogen and oxygen atoms in total. The number of hydrogen-bond acceptors (Lipinski definition) is 2. The van der Waals surface area contributed by atoms with E-state index in [1.54, 1.807) is 12.1 Å². The lowest BCUT2D eigenvalue weighted by molar-refractivity contribution is 0.618. The van der Waals surface area contributed by atoms with Crippen LogP contribution < -0.4 is 10.6 Å². The van der Waals surface area contributed by atoms with Gasteiger partial charge in [0.2, 0.25) is 0 Å². The largest absolute Gasteiger partial charge is 0.368 e. The van der Waals surface area contributed by atoms with Gasteiger partial charge in [-0.2, -0.15) is 0 Å². The van der Waals surface area contributed by atoms with Crippen molar-refractivity contribution in [2.45, 2.75) is 6.92 Å². The molecule has 3 heteroatoms. The van der Waals surface area contributed by atoms with E-state index < -0.39 is 0 Å². The molecule has 0 aliphatic carbocycles. The van der Waals surface area contributed by atoms with E-state index in [4.69, 9.17) is 5.73 Å². The number of halogens is 1. The molecule has 1 aromatic carbocycles. The number of benzene rings is 1. The molecule has 0 aromatic heterocycles. The van der Waals surface area contributed by atoms with Crippen LogP contribution in [0.15, 0.2) is 24.3 Å². The number of likely N-dealkylation sites (N-methyl/N-ethyl adjacent to an activating group) is 1. The van der Waals surface area contributed by atoms with Gasteiger partial charge < -0.3 is 10.6 Å². The Kier molecular flexibility index (Phi) is 3.71. The molecule has 0 aliphatic heterocycles. The first kappa shape index (κ1) is 9.99. The van der Waals surface area contributed by atoms with Crippen molar-refractivity contribution in [2.24, 2.45) is 5.73 Å². The minimum atomic E-state index is -0.183. The van der Waals surface area contributed by atoms with Crippen molar-refractivity contribution in [3.8, 4) is 0 Å². The summed E-state index contributed by atoms with van der Waals surface area (Å²) in [7, 11) is 0. The second-order valence-electron chi connectivity index (χ2n) is 2.82. The Morgan fingerprint density at radius 3 is 2.62 bits per heavy atom. The number of hydrogen-bond donors (Lipinski definition) is 1. The Labute approximate surface area is 78.2 Å². The molecule has 13 heavy (non-hydrogen) atoms. The highest BCUT2D eigenvalue weighted by Gasteiger charge is 2.06. The van der Waals surface area contributed by atoms with E-state index in [9.17, 15) is 4.39 Å². The molecule has 0 fully saturated rings. The summed E-state index contributed by atoms with van der Waals surface area (Å²) in [6.07, 6.45) is 0. The molecular formula is C10H15FN2. The van der Waals surface area contributed by atoms with E-state index in [0.29, 0.717) is 18.8 Å². The van der Waals surface area contributed by atoms with Crippen molar-refractivity contribution in [1.82, 2.24) is 0 Å². The van der Waals surface area contributed by atoms with Gasteiger partial charge in [0.25, 0.3) is 0 Å². The molecule has 0 bridgehead atoms. The lowest BCUT2D eigenvalue weighted by Gasteiger charge is -2.22. The summed E-state index contributed by atoms with van der Waals surface area (Å²) in [5, 5.41) is 0. The molecule has 0 radical (unpaired) electrons. The van der Waals surface area contributed by atoms with Crippen LogP contribution >= 0.6 is 0 Å². The summed E-state index contributed by atoms with van der Waals surface area (Å²) in [5.74, 6) is -0.183. The van der Waals surface area contributed by atoms with Crippen LogP contribution in [0, 0.1) is 5.82 Å². The summed E-state index contributed by atoms with van der Waals surface area (Å²) in [5.41, 5.74) is 6.06. The van der Waals surface area contributed by atoms with Gasteiger partial charge in [-0.1, -0.05) is 12.1 Å². The highest BCUT2D eigenvalue weighted by molar-refractivity contribution is 5.47. The molecule has 0 unspecified atom stereocenters. The number of nitrogens with two attached hydrogens (primary N) is 1. The Hall–Kier alpha value is -1.09. The minimum absolute atomic E-state index is 0.183. The Balaban J connectivity index is 2.84. The summed E-state index contributed by atoms with van der Waals surface area (Å²) in [6, 6.07) is 6.76. The molecule has 1 rings (SSSR count). The first-order valence-corrected chi connectivity index (χ1v) is 4.49. The highest BCUT2D eigenvalue weighted by atomic mass is 19.1. The zero-order valence-corrected chi connectivity index (χ0v) is 7.83. The number of nitrogens with zero attached hydrogens (tertiary/aromatic N) is 1. The zero-order chi connectivity index (χ0) is 9.68. The van der Waals surface area contributed by atoms with Gasteiger partial charge in [-0.25, -0.2) is 4.39 Å². The standard InChI is InChI=1S/C10H15FN2/c1-2-13(8-7-12)10-6-4-3-5-9(10)11/h3-6H,2,7-8,12H2,1H3. The lowest BCUT2D eigenvalue weighted by atomic mass is 10.2.